The van der Waals surface area contributed by atoms with Crippen LogP contribution in [0.25, 0.3) is 0 Å². The summed E-state index contributed by atoms with van der Waals surface area (Å²) in [7, 11) is 0. The molecule has 8 heteroatoms. The van der Waals surface area contributed by atoms with Gasteiger partial charge in [-0.2, -0.15) is 0 Å². The van der Waals surface area contributed by atoms with Crippen molar-refractivity contribution in [2.45, 2.75) is 45.7 Å². The van der Waals surface area contributed by atoms with Crippen LogP contribution in [0.1, 0.15) is 38.7 Å². The minimum atomic E-state index is -0.663. The summed E-state index contributed by atoms with van der Waals surface area (Å²) in [4.78, 5) is 27.1. The molecule has 0 aromatic heterocycles. The summed E-state index contributed by atoms with van der Waals surface area (Å²) >= 11 is 18.5. The molecule has 5 nitrogen and oxygen atoms in total. The van der Waals surface area contributed by atoms with Crippen LogP contribution in [0.15, 0.2) is 42.5 Å². The molecule has 0 aliphatic rings. The van der Waals surface area contributed by atoms with Crippen LogP contribution >= 0.6 is 34.8 Å². The van der Waals surface area contributed by atoms with E-state index in [2.05, 4.69) is 5.32 Å². The van der Waals surface area contributed by atoms with E-state index < -0.39 is 6.04 Å². The second-order valence-electron chi connectivity index (χ2n) is 7.09. The molecule has 0 radical (unpaired) electrons. The fourth-order valence-corrected chi connectivity index (χ4v) is 3.56. The summed E-state index contributed by atoms with van der Waals surface area (Å²) in [6.07, 6.45) is 1.53. The second-order valence-corrected chi connectivity index (χ2v) is 8.35. The summed E-state index contributed by atoms with van der Waals surface area (Å²) in [5, 5.41) is 4.38. The van der Waals surface area contributed by atoms with Gasteiger partial charge in [-0.3, -0.25) is 9.59 Å². The van der Waals surface area contributed by atoms with Gasteiger partial charge in [0.15, 0.2) is 0 Å². The zero-order valence-corrected chi connectivity index (χ0v) is 19.9. The SMILES string of the molecule is CCCNC(=O)[C@H](C)N(Cc1c(Cl)cccc1Cl)C(=O)CCCOc1ccc(Cl)cc1. The lowest BCUT2D eigenvalue weighted by atomic mass is 10.1. The van der Waals surface area contributed by atoms with Gasteiger partial charge >= 0.3 is 0 Å². The Balaban J connectivity index is 2.04. The first-order chi connectivity index (χ1) is 14.8. The molecule has 0 fully saturated rings. The Labute approximate surface area is 198 Å². The first-order valence-electron chi connectivity index (χ1n) is 10.2. The van der Waals surface area contributed by atoms with Crippen molar-refractivity contribution in [3.05, 3.63) is 63.1 Å². The van der Waals surface area contributed by atoms with E-state index in [0.717, 1.165) is 6.42 Å². The van der Waals surface area contributed by atoms with E-state index in [0.29, 0.717) is 46.0 Å². The Hall–Kier alpha value is -1.95. The Morgan fingerprint density at radius 2 is 1.71 bits per heavy atom. The lowest BCUT2D eigenvalue weighted by Gasteiger charge is -2.29. The topological polar surface area (TPSA) is 58.6 Å². The number of benzene rings is 2. The monoisotopic (exact) mass is 484 g/mol. The van der Waals surface area contributed by atoms with Crippen LogP contribution in [-0.4, -0.2) is 35.9 Å². The van der Waals surface area contributed by atoms with E-state index >= 15 is 0 Å². The van der Waals surface area contributed by atoms with Gasteiger partial charge in [-0.1, -0.05) is 47.8 Å². The van der Waals surface area contributed by atoms with Gasteiger partial charge in [-0.05, 0) is 56.2 Å². The summed E-state index contributed by atoms with van der Waals surface area (Å²) in [6, 6.07) is 11.5. The molecule has 2 aromatic rings. The van der Waals surface area contributed by atoms with E-state index in [9.17, 15) is 9.59 Å². The highest BCUT2D eigenvalue weighted by molar-refractivity contribution is 6.36. The van der Waals surface area contributed by atoms with Crippen molar-refractivity contribution < 1.29 is 14.3 Å². The van der Waals surface area contributed by atoms with E-state index in [4.69, 9.17) is 39.5 Å². The normalized spacial score (nSPS) is 11.6. The highest BCUT2D eigenvalue weighted by Gasteiger charge is 2.27. The molecule has 2 aromatic carbocycles. The molecule has 1 N–H and O–H groups in total. The van der Waals surface area contributed by atoms with Crippen molar-refractivity contribution >= 4 is 46.6 Å². The molecule has 0 saturated heterocycles. The van der Waals surface area contributed by atoms with Gasteiger partial charge in [0.1, 0.15) is 11.8 Å². The fraction of sp³-hybridized carbons (Fsp3) is 0.391. The van der Waals surface area contributed by atoms with Crippen LogP contribution in [0, 0.1) is 0 Å². The van der Waals surface area contributed by atoms with Crippen LogP contribution in [-0.2, 0) is 16.1 Å². The molecule has 168 valence electrons. The molecule has 0 heterocycles. The maximum Gasteiger partial charge on any atom is 0.242 e. The first kappa shape index (κ1) is 25.3. The Kier molecular flexibility index (Phi) is 10.4. The zero-order valence-electron chi connectivity index (χ0n) is 17.7. The molecular formula is C23H27Cl3N2O3. The Morgan fingerprint density at radius 1 is 1.06 bits per heavy atom. The van der Waals surface area contributed by atoms with Gasteiger partial charge in [0.2, 0.25) is 11.8 Å². The molecule has 2 rings (SSSR count). The maximum absolute atomic E-state index is 13.0. The molecule has 1 atom stereocenters. The van der Waals surface area contributed by atoms with Crippen LogP contribution < -0.4 is 10.1 Å². The molecular weight excluding hydrogens is 459 g/mol. The van der Waals surface area contributed by atoms with Crippen LogP contribution in [0.2, 0.25) is 15.1 Å². The predicted molar refractivity (Wildman–Crippen MR) is 126 cm³/mol. The summed E-state index contributed by atoms with van der Waals surface area (Å²) < 4.78 is 5.66. The average molecular weight is 486 g/mol. The lowest BCUT2D eigenvalue weighted by Crippen LogP contribution is -2.47. The number of carbonyl (C=O) groups is 2. The molecule has 0 bridgehead atoms. The number of rotatable bonds is 11. The van der Waals surface area contributed by atoms with E-state index in [1.54, 1.807) is 49.4 Å². The van der Waals surface area contributed by atoms with Crippen molar-refractivity contribution in [2.24, 2.45) is 0 Å². The van der Waals surface area contributed by atoms with Gasteiger partial charge < -0.3 is 15.0 Å². The molecule has 0 aliphatic carbocycles. The highest BCUT2D eigenvalue weighted by Crippen LogP contribution is 2.27. The third kappa shape index (κ3) is 7.91. The summed E-state index contributed by atoms with van der Waals surface area (Å²) in [5.74, 6) is 0.300. The molecule has 0 spiro atoms. The smallest absolute Gasteiger partial charge is 0.242 e. The highest BCUT2D eigenvalue weighted by atomic mass is 35.5. The number of hydrogen-bond acceptors (Lipinski definition) is 3. The van der Waals surface area contributed by atoms with E-state index in [1.165, 1.54) is 4.90 Å². The number of hydrogen-bond donors (Lipinski definition) is 1. The molecule has 0 aliphatic heterocycles. The molecule has 31 heavy (non-hydrogen) atoms. The number of amides is 2. The van der Waals surface area contributed by atoms with Crippen molar-refractivity contribution in [1.29, 1.82) is 0 Å². The fourth-order valence-electron chi connectivity index (χ4n) is 2.92. The average Bonchev–Trinajstić information content (AvgIpc) is 2.75. The van der Waals surface area contributed by atoms with E-state index in [-0.39, 0.29) is 24.8 Å². The quantitative estimate of drug-likeness (QED) is 0.412. The lowest BCUT2D eigenvalue weighted by molar-refractivity contribution is -0.140. The predicted octanol–water partition coefficient (Wildman–Crippen LogP) is 5.75. The number of nitrogens with one attached hydrogen (secondary N) is 1. The van der Waals surface area contributed by atoms with Crippen molar-refractivity contribution in [1.82, 2.24) is 10.2 Å². The number of nitrogens with zero attached hydrogens (tertiary/aromatic N) is 1. The number of ether oxygens (including phenoxy) is 1. The largest absolute Gasteiger partial charge is 0.494 e. The van der Waals surface area contributed by atoms with Gasteiger partial charge in [0.25, 0.3) is 0 Å². The van der Waals surface area contributed by atoms with Crippen molar-refractivity contribution in [3.63, 3.8) is 0 Å². The van der Waals surface area contributed by atoms with Gasteiger partial charge in [0, 0.05) is 40.1 Å². The molecule has 2 amide bonds. The second kappa shape index (κ2) is 12.8. The van der Waals surface area contributed by atoms with Gasteiger partial charge in [0.05, 0.1) is 6.61 Å². The zero-order chi connectivity index (χ0) is 22.8. The third-order valence-corrected chi connectivity index (χ3v) is 5.68. The summed E-state index contributed by atoms with van der Waals surface area (Å²) in [6.45, 7) is 4.74. The first-order valence-corrected chi connectivity index (χ1v) is 11.3. The Morgan fingerprint density at radius 3 is 2.32 bits per heavy atom. The van der Waals surface area contributed by atoms with Crippen LogP contribution in [0.3, 0.4) is 0 Å². The maximum atomic E-state index is 13.0. The van der Waals surface area contributed by atoms with Gasteiger partial charge in [-0.25, -0.2) is 0 Å². The van der Waals surface area contributed by atoms with Crippen molar-refractivity contribution in [2.75, 3.05) is 13.2 Å². The number of halogens is 3. The van der Waals surface area contributed by atoms with E-state index in [1.807, 2.05) is 6.92 Å². The van der Waals surface area contributed by atoms with Crippen molar-refractivity contribution in [3.8, 4) is 5.75 Å². The minimum absolute atomic E-state index is 0.149. The Bertz CT molecular complexity index is 855. The summed E-state index contributed by atoms with van der Waals surface area (Å²) in [5.41, 5.74) is 0.617. The molecule has 0 saturated carbocycles. The third-order valence-electron chi connectivity index (χ3n) is 4.72. The van der Waals surface area contributed by atoms with Gasteiger partial charge in [-0.15, -0.1) is 0 Å². The minimum Gasteiger partial charge on any atom is -0.494 e. The number of carbonyl (C=O) groups excluding carboxylic acids is 2. The standard InChI is InChI=1S/C23H27Cl3N2O3/c1-3-13-27-23(30)16(2)28(15-19-20(25)6-4-7-21(19)26)22(29)8-5-14-31-18-11-9-17(24)10-12-18/h4,6-7,9-12,16H,3,5,8,13-15H2,1-2H3,(H,27,30)/t16-/m0/s1. The van der Waals surface area contributed by atoms with Crippen LogP contribution in [0.5, 0.6) is 5.75 Å². The van der Waals surface area contributed by atoms with Crippen LogP contribution in [0.4, 0.5) is 0 Å². The molecule has 0 unspecified atom stereocenters.